The van der Waals surface area contributed by atoms with Crippen molar-refractivity contribution in [2.24, 2.45) is 5.73 Å². The Bertz CT molecular complexity index is 1440. The zero-order chi connectivity index (χ0) is 29.1. The van der Waals surface area contributed by atoms with E-state index in [1.807, 2.05) is 4.90 Å². The third-order valence-electron chi connectivity index (χ3n) is 5.56. The lowest BCUT2D eigenvalue weighted by Crippen LogP contribution is -2.61. The molecule has 1 saturated heterocycles. The van der Waals surface area contributed by atoms with Gasteiger partial charge in [0, 0.05) is 43.8 Å². The fraction of sp³-hybridized carbons (Fsp3) is 0.364. The van der Waals surface area contributed by atoms with Crippen LogP contribution in [0.1, 0.15) is 22.3 Å². The number of alkyl halides is 3. The number of halogens is 3. The van der Waals surface area contributed by atoms with E-state index in [9.17, 15) is 32.7 Å². The summed E-state index contributed by atoms with van der Waals surface area (Å²) in [6.45, 7) is 2.98. The predicted octanol–water partition coefficient (Wildman–Crippen LogP) is 1.41. The Balaban J connectivity index is 0.000000532. The molecule has 1 aliphatic rings. The van der Waals surface area contributed by atoms with Crippen LogP contribution in [-0.2, 0) is 14.4 Å². The van der Waals surface area contributed by atoms with Gasteiger partial charge in [0.05, 0.1) is 18.5 Å². The first kappa shape index (κ1) is 29.5. The number of pyridine rings is 2. The Morgan fingerprint density at radius 2 is 1.92 bits per heavy atom. The number of carbonyl (C=O) groups excluding carboxylic acids is 1. The molecule has 0 radical (unpaired) electrons. The zero-order valence-corrected chi connectivity index (χ0v) is 21.3. The van der Waals surface area contributed by atoms with Crippen molar-refractivity contribution in [1.29, 1.82) is 0 Å². The van der Waals surface area contributed by atoms with Crippen LogP contribution in [0.3, 0.4) is 0 Å². The number of carboxylic acid groups (broad SMARTS) is 2. The number of fused-ring (bicyclic) bond motifs is 1. The van der Waals surface area contributed by atoms with E-state index in [1.165, 1.54) is 34.3 Å². The van der Waals surface area contributed by atoms with E-state index in [0.717, 1.165) is 0 Å². The molecule has 210 valence electrons. The van der Waals surface area contributed by atoms with Gasteiger partial charge >= 0.3 is 18.1 Å². The zero-order valence-electron chi connectivity index (χ0n) is 20.5. The molecule has 4 heterocycles. The number of rotatable bonds is 7. The topological polar surface area (TPSA) is 181 Å². The first-order valence-electron chi connectivity index (χ1n) is 11.1. The molecule has 0 saturated carbocycles. The lowest BCUT2D eigenvalue weighted by molar-refractivity contribution is -0.192. The molecule has 3 aromatic rings. The minimum atomic E-state index is -5.08. The standard InChI is InChI=1S/C20H22N6O5S.C2HF3O2/c1-11-7-14(24-8-12(9-24)26(31-2)15(27)3-4-21)23-18-16(11)17(28)13(19(29)30)10-25(18)20-22-5-6-32-20;3-2(4,5)1(6)7/h5-7,10,12H,3-4,8-9,21H2,1-2H3,(H,29,30);(H,6,7). The van der Waals surface area contributed by atoms with E-state index in [4.69, 9.17) is 20.5 Å². The summed E-state index contributed by atoms with van der Waals surface area (Å²) >= 11 is 1.30. The maximum Gasteiger partial charge on any atom is 0.490 e. The van der Waals surface area contributed by atoms with Crippen molar-refractivity contribution < 1.29 is 42.6 Å². The highest BCUT2D eigenvalue weighted by molar-refractivity contribution is 7.12. The molecule has 0 aliphatic carbocycles. The molecule has 0 aromatic carbocycles. The molecular formula is C22H23F3N6O7S. The molecule has 0 atom stereocenters. The summed E-state index contributed by atoms with van der Waals surface area (Å²) < 4.78 is 33.3. The number of carboxylic acids is 2. The molecule has 0 spiro atoms. The number of aromatic carboxylic acids is 1. The number of hydrogen-bond acceptors (Lipinski definition) is 10. The Hall–Kier alpha value is -4.09. The number of hydrogen-bond donors (Lipinski definition) is 3. The summed E-state index contributed by atoms with van der Waals surface area (Å²) in [5.41, 5.74) is 5.48. The van der Waals surface area contributed by atoms with E-state index < -0.39 is 23.5 Å². The number of thiazole rings is 1. The number of aliphatic carboxylic acids is 1. The molecule has 0 unspecified atom stereocenters. The van der Waals surface area contributed by atoms with Crippen LogP contribution in [0.15, 0.2) is 28.6 Å². The number of amides is 1. The molecule has 4 N–H and O–H groups in total. The minimum Gasteiger partial charge on any atom is -0.477 e. The normalized spacial score (nSPS) is 13.4. The summed E-state index contributed by atoms with van der Waals surface area (Å²) in [6.07, 6.45) is -2.03. The van der Waals surface area contributed by atoms with Crippen LogP contribution in [0.25, 0.3) is 16.2 Å². The average Bonchev–Trinajstić information content (AvgIpc) is 3.35. The van der Waals surface area contributed by atoms with E-state index in [2.05, 4.69) is 9.97 Å². The summed E-state index contributed by atoms with van der Waals surface area (Å²) in [6, 6.07) is 1.60. The van der Waals surface area contributed by atoms with E-state index in [1.54, 1.807) is 24.6 Å². The van der Waals surface area contributed by atoms with E-state index in [0.29, 0.717) is 35.2 Å². The SMILES string of the molecule is CON(C(=O)CCN)C1CN(c2cc(C)c3c(=O)c(C(=O)O)cn(-c4nccs4)c3n2)C1.O=C(O)C(F)(F)F. The molecule has 3 aromatic heterocycles. The van der Waals surface area contributed by atoms with Gasteiger partial charge in [0.25, 0.3) is 0 Å². The van der Waals surface area contributed by atoms with Crippen molar-refractivity contribution in [2.45, 2.75) is 25.6 Å². The number of aryl methyl sites for hydroxylation is 1. The molecule has 1 amide bonds. The highest BCUT2D eigenvalue weighted by Crippen LogP contribution is 2.28. The van der Waals surface area contributed by atoms with Crippen molar-refractivity contribution >= 4 is 46.0 Å². The van der Waals surface area contributed by atoms with Gasteiger partial charge in [-0.3, -0.25) is 19.0 Å². The molecule has 0 bridgehead atoms. The van der Waals surface area contributed by atoms with Crippen molar-refractivity contribution in [2.75, 3.05) is 31.6 Å². The monoisotopic (exact) mass is 572 g/mol. The van der Waals surface area contributed by atoms with Crippen LogP contribution >= 0.6 is 11.3 Å². The lowest BCUT2D eigenvalue weighted by atomic mass is 10.1. The average molecular weight is 573 g/mol. The highest BCUT2D eigenvalue weighted by Gasteiger charge is 2.38. The fourth-order valence-electron chi connectivity index (χ4n) is 3.75. The molecule has 1 aliphatic heterocycles. The summed E-state index contributed by atoms with van der Waals surface area (Å²) in [5, 5.41) is 20.5. The van der Waals surface area contributed by atoms with Gasteiger partial charge < -0.3 is 20.8 Å². The Kier molecular flexibility index (Phi) is 8.88. The van der Waals surface area contributed by atoms with Crippen molar-refractivity contribution in [3.05, 3.63) is 45.2 Å². The smallest absolute Gasteiger partial charge is 0.477 e. The summed E-state index contributed by atoms with van der Waals surface area (Å²) in [7, 11) is 1.45. The first-order chi connectivity index (χ1) is 18.3. The molecule has 1 fully saturated rings. The van der Waals surface area contributed by atoms with Gasteiger partial charge in [-0.05, 0) is 18.6 Å². The Morgan fingerprint density at radius 3 is 2.41 bits per heavy atom. The van der Waals surface area contributed by atoms with Crippen LogP contribution in [0.2, 0.25) is 0 Å². The van der Waals surface area contributed by atoms with Crippen LogP contribution in [0.5, 0.6) is 0 Å². The van der Waals surface area contributed by atoms with Gasteiger partial charge in [0.15, 0.2) is 10.8 Å². The number of nitrogens with zero attached hydrogens (tertiary/aromatic N) is 5. The number of nitrogens with two attached hydrogens (primary N) is 1. The van der Waals surface area contributed by atoms with Crippen LogP contribution in [-0.4, -0.2) is 86.6 Å². The van der Waals surface area contributed by atoms with Crippen molar-refractivity contribution in [1.82, 2.24) is 19.6 Å². The second-order valence-corrected chi connectivity index (χ2v) is 9.03. The number of hydroxylamine groups is 2. The molecular weight excluding hydrogens is 549 g/mol. The number of aromatic nitrogens is 3. The Morgan fingerprint density at radius 1 is 1.28 bits per heavy atom. The van der Waals surface area contributed by atoms with Gasteiger partial charge in [-0.1, -0.05) is 0 Å². The van der Waals surface area contributed by atoms with Crippen LogP contribution < -0.4 is 16.1 Å². The van der Waals surface area contributed by atoms with E-state index in [-0.39, 0.29) is 35.9 Å². The van der Waals surface area contributed by atoms with Gasteiger partial charge in [0.1, 0.15) is 11.4 Å². The molecule has 17 heteroatoms. The minimum absolute atomic E-state index is 0.146. The maximum atomic E-state index is 12.9. The first-order valence-corrected chi connectivity index (χ1v) is 12.0. The number of anilines is 1. The molecule has 39 heavy (non-hydrogen) atoms. The third kappa shape index (κ3) is 6.32. The van der Waals surface area contributed by atoms with Crippen LogP contribution in [0.4, 0.5) is 19.0 Å². The maximum absolute atomic E-state index is 12.9. The summed E-state index contributed by atoms with van der Waals surface area (Å²) in [4.78, 5) is 61.7. The number of carbonyl (C=O) groups is 3. The third-order valence-corrected chi connectivity index (χ3v) is 6.33. The fourth-order valence-corrected chi connectivity index (χ4v) is 4.37. The lowest BCUT2D eigenvalue weighted by Gasteiger charge is -2.44. The second-order valence-electron chi connectivity index (χ2n) is 8.16. The van der Waals surface area contributed by atoms with Crippen molar-refractivity contribution in [3.8, 4) is 5.13 Å². The van der Waals surface area contributed by atoms with Gasteiger partial charge in [-0.25, -0.2) is 24.6 Å². The van der Waals surface area contributed by atoms with Crippen molar-refractivity contribution in [3.63, 3.8) is 0 Å². The van der Waals surface area contributed by atoms with E-state index >= 15 is 0 Å². The van der Waals surface area contributed by atoms with Crippen LogP contribution in [0, 0.1) is 6.92 Å². The molecule has 4 rings (SSSR count). The second kappa shape index (κ2) is 11.7. The van der Waals surface area contributed by atoms with Gasteiger partial charge in [-0.15, -0.1) is 11.3 Å². The largest absolute Gasteiger partial charge is 0.490 e. The molecule has 13 nitrogen and oxygen atoms in total. The van der Waals surface area contributed by atoms with Gasteiger partial charge in [0.2, 0.25) is 11.3 Å². The van der Waals surface area contributed by atoms with Gasteiger partial charge in [-0.2, -0.15) is 13.2 Å². The predicted molar refractivity (Wildman–Crippen MR) is 132 cm³/mol. The Labute approximate surface area is 221 Å². The quantitative estimate of drug-likeness (QED) is 0.348. The highest BCUT2D eigenvalue weighted by atomic mass is 32.1. The summed E-state index contributed by atoms with van der Waals surface area (Å²) in [5.74, 6) is -3.63.